The Labute approximate surface area is 171 Å². The Bertz CT molecular complexity index is 793. The highest BCUT2D eigenvalue weighted by Crippen LogP contribution is 2.29. The molecule has 3 heterocycles. The molecule has 1 saturated carbocycles. The first kappa shape index (κ1) is 19.6. The summed E-state index contributed by atoms with van der Waals surface area (Å²) in [6.45, 7) is 3.08. The number of nitrogens with zero attached hydrogens (tertiary/aromatic N) is 6. The normalized spacial score (nSPS) is 23.1. The Morgan fingerprint density at radius 1 is 0.897 bits per heavy atom. The third-order valence-corrected chi connectivity index (χ3v) is 6.45. The molecule has 0 spiro atoms. The lowest BCUT2D eigenvalue weighted by Crippen LogP contribution is -2.55. The van der Waals surface area contributed by atoms with E-state index in [2.05, 4.69) is 16.0 Å². The second kappa shape index (κ2) is 8.76. The molecule has 1 aromatic heterocycles. The van der Waals surface area contributed by atoms with Crippen molar-refractivity contribution < 1.29 is 9.59 Å². The van der Waals surface area contributed by atoms with Crippen LogP contribution in [0.4, 0.5) is 5.82 Å². The van der Waals surface area contributed by atoms with E-state index < -0.39 is 0 Å². The average molecular weight is 396 g/mol. The number of likely N-dealkylation sites (tertiary alicyclic amines) is 1. The number of carbonyl (C=O) groups excluding carboxylic acids is 2. The molecule has 29 heavy (non-hydrogen) atoms. The van der Waals surface area contributed by atoms with E-state index in [-0.39, 0.29) is 23.8 Å². The second-order valence-corrected chi connectivity index (χ2v) is 8.18. The molecule has 0 aromatic carbocycles. The Kier molecular flexibility index (Phi) is 5.93. The van der Waals surface area contributed by atoms with Gasteiger partial charge in [0, 0.05) is 51.0 Å². The number of hydrogen-bond acceptors (Lipinski definition) is 6. The van der Waals surface area contributed by atoms with Crippen molar-refractivity contribution in [2.75, 3.05) is 37.6 Å². The Morgan fingerprint density at radius 3 is 2.34 bits per heavy atom. The van der Waals surface area contributed by atoms with Crippen molar-refractivity contribution in [3.8, 4) is 6.07 Å². The molecule has 154 valence electrons. The molecule has 3 fully saturated rings. The van der Waals surface area contributed by atoms with Gasteiger partial charge in [0.1, 0.15) is 12.1 Å². The van der Waals surface area contributed by atoms with Crippen molar-refractivity contribution >= 4 is 17.6 Å². The molecule has 1 aromatic rings. The van der Waals surface area contributed by atoms with Gasteiger partial charge in [-0.3, -0.25) is 9.59 Å². The highest BCUT2D eigenvalue weighted by Gasteiger charge is 2.39. The predicted molar refractivity (Wildman–Crippen MR) is 107 cm³/mol. The van der Waals surface area contributed by atoms with Crippen molar-refractivity contribution in [3.63, 3.8) is 0 Å². The summed E-state index contributed by atoms with van der Waals surface area (Å²) in [5.41, 5.74) is 0.312. The topological polar surface area (TPSA) is 93.4 Å². The van der Waals surface area contributed by atoms with Crippen LogP contribution in [0.5, 0.6) is 0 Å². The van der Waals surface area contributed by atoms with E-state index in [4.69, 9.17) is 0 Å². The van der Waals surface area contributed by atoms with Crippen LogP contribution in [0, 0.1) is 17.2 Å². The number of piperazine rings is 1. The Hall–Kier alpha value is -2.69. The summed E-state index contributed by atoms with van der Waals surface area (Å²) in [6, 6.07) is 1.78. The highest BCUT2D eigenvalue weighted by molar-refractivity contribution is 5.89. The average Bonchev–Trinajstić information content (AvgIpc) is 3.28. The summed E-state index contributed by atoms with van der Waals surface area (Å²) in [7, 11) is 0. The number of nitriles is 1. The van der Waals surface area contributed by atoms with Crippen LogP contribution < -0.4 is 4.90 Å². The van der Waals surface area contributed by atoms with Gasteiger partial charge in [0.2, 0.25) is 11.8 Å². The number of hydrogen-bond donors (Lipinski definition) is 0. The fraction of sp³-hybridized carbons (Fsp3) is 0.667. The summed E-state index contributed by atoms with van der Waals surface area (Å²) < 4.78 is 0. The smallest absolute Gasteiger partial charge is 0.245 e. The van der Waals surface area contributed by atoms with Gasteiger partial charge in [-0.05, 0) is 25.7 Å². The maximum atomic E-state index is 13.2. The molecule has 8 heteroatoms. The molecule has 3 aliphatic rings. The standard InChI is InChI=1S/C21H28N6O2/c22-15-17-19(24-9-8-23-17)25-11-13-26(14-12-25)21(29)18-7-4-10-27(18)20(28)16-5-2-1-3-6-16/h8-9,16,18H,1-7,10-14H2. The Balaban J connectivity index is 1.37. The van der Waals surface area contributed by atoms with E-state index in [0.717, 1.165) is 38.5 Å². The fourth-order valence-corrected chi connectivity index (χ4v) is 4.86. The summed E-state index contributed by atoms with van der Waals surface area (Å²) in [6.07, 6.45) is 10.2. The van der Waals surface area contributed by atoms with Gasteiger partial charge in [-0.2, -0.15) is 5.26 Å². The van der Waals surface area contributed by atoms with Crippen molar-refractivity contribution in [1.82, 2.24) is 19.8 Å². The van der Waals surface area contributed by atoms with Crippen LogP contribution in [-0.2, 0) is 9.59 Å². The first-order chi connectivity index (χ1) is 14.2. The maximum absolute atomic E-state index is 13.2. The van der Waals surface area contributed by atoms with Crippen LogP contribution >= 0.6 is 0 Å². The third-order valence-electron chi connectivity index (χ3n) is 6.45. The number of carbonyl (C=O) groups is 2. The van der Waals surface area contributed by atoms with E-state index in [9.17, 15) is 14.9 Å². The van der Waals surface area contributed by atoms with Crippen LogP contribution in [0.2, 0.25) is 0 Å². The molecule has 2 aliphatic heterocycles. The molecule has 2 saturated heterocycles. The van der Waals surface area contributed by atoms with Crippen molar-refractivity contribution in [3.05, 3.63) is 18.1 Å². The number of anilines is 1. The number of aromatic nitrogens is 2. The largest absolute Gasteiger partial charge is 0.351 e. The first-order valence-electron chi connectivity index (χ1n) is 10.7. The predicted octanol–water partition coefficient (Wildman–Crippen LogP) is 1.57. The summed E-state index contributed by atoms with van der Waals surface area (Å²) in [4.78, 5) is 40.3. The van der Waals surface area contributed by atoms with Gasteiger partial charge in [-0.1, -0.05) is 19.3 Å². The number of rotatable bonds is 3. The summed E-state index contributed by atoms with van der Waals surface area (Å²) in [5.74, 6) is 0.954. The quantitative estimate of drug-likeness (QED) is 0.770. The lowest BCUT2D eigenvalue weighted by molar-refractivity contribution is -0.146. The van der Waals surface area contributed by atoms with Gasteiger partial charge in [-0.25, -0.2) is 9.97 Å². The minimum absolute atomic E-state index is 0.0750. The van der Waals surface area contributed by atoms with Gasteiger partial charge >= 0.3 is 0 Å². The second-order valence-electron chi connectivity index (χ2n) is 8.18. The van der Waals surface area contributed by atoms with E-state index >= 15 is 0 Å². The van der Waals surface area contributed by atoms with Crippen LogP contribution in [-0.4, -0.2) is 70.3 Å². The zero-order valence-electron chi connectivity index (χ0n) is 16.8. The molecule has 1 atom stereocenters. The molecule has 0 radical (unpaired) electrons. The zero-order chi connectivity index (χ0) is 20.2. The molecule has 1 unspecified atom stereocenters. The van der Waals surface area contributed by atoms with Crippen molar-refractivity contribution in [2.45, 2.75) is 51.0 Å². The van der Waals surface area contributed by atoms with Crippen molar-refractivity contribution in [1.29, 1.82) is 5.26 Å². The van der Waals surface area contributed by atoms with Crippen LogP contribution in [0.15, 0.2) is 12.4 Å². The first-order valence-corrected chi connectivity index (χ1v) is 10.7. The molecule has 0 bridgehead atoms. The lowest BCUT2D eigenvalue weighted by atomic mass is 9.88. The number of amides is 2. The molecular weight excluding hydrogens is 368 g/mol. The summed E-state index contributed by atoms with van der Waals surface area (Å²) in [5, 5.41) is 9.24. The SMILES string of the molecule is N#Cc1nccnc1N1CCN(C(=O)C2CCCN2C(=O)C2CCCCC2)CC1. The zero-order valence-corrected chi connectivity index (χ0v) is 16.8. The highest BCUT2D eigenvalue weighted by atomic mass is 16.2. The van der Waals surface area contributed by atoms with Gasteiger partial charge in [-0.15, -0.1) is 0 Å². The van der Waals surface area contributed by atoms with Crippen LogP contribution in [0.1, 0.15) is 50.6 Å². The van der Waals surface area contributed by atoms with Gasteiger partial charge in [0.25, 0.3) is 0 Å². The van der Waals surface area contributed by atoms with Crippen LogP contribution in [0.25, 0.3) is 0 Å². The molecule has 4 rings (SSSR count). The van der Waals surface area contributed by atoms with Crippen LogP contribution in [0.3, 0.4) is 0 Å². The Morgan fingerprint density at radius 2 is 1.62 bits per heavy atom. The monoisotopic (exact) mass is 396 g/mol. The van der Waals surface area contributed by atoms with Gasteiger partial charge in [0.15, 0.2) is 11.5 Å². The minimum Gasteiger partial charge on any atom is -0.351 e. The van der Waals surface area contributed by atoms with Gasteiger partial charge < -0.3 is 14.7 Å². The summed E-state index contributed by atoms with van der Waals surface area (Å²) >= 11 is 0. The lowest BCUT2D eigenvalue weighted by Gasteiger charge is -2.38. The van der Waals surface area contributed by atoms with Crippen molar-refractivity contribution in [2.24, 2.45) is 5.92 Å². The third kappa shape index (κ3) is 4.04. The van der Waals surface area contributed by atoms with E-state index in [1.807, 2.05) is 14.7 Å². The molecule has 1 aliphatic carbocycles. The van der Waals surface area contributed by atoms with E-state index in [1.54, 1.807) is 6.20 Å². The van der Waals surface area contributed by atoms with E-state index in [1.165, 1.54) is 12.6 Å². The molecular formula is C21H28N6O2. The maximum Gasteiger partial charge on any atom is 0.245 e. The molecule has 0 N–H and O–H groups in total. The minimum atomic E-state index is -0.304. The molecule has 8 nitrogen and oxygen atoms in total. The fourth-order valence-electron chi connectivity index (χ4n) is 4.86. The van der Waals surface area contributed by atoms with E-state index in [0.29, 0.717) is 44.2 Å². The molecule has 2 amide bonds. The van der Waals surface area contributed by atoms with Gasteiger partial charge in [0.05, 0.1) is 0 Å².